The summed E-state index contributed by atoms with van der Waals surface area (Å²) in [6.07, 6.45) is 6.31. The van der Waals surface area contributed by atoms with Crippen molar-refractivity contribution in [1.29, 1.82) is 0 Å². The summed E-state index contributed by atoms with van der Waals surface area (Å²) in [7, 11) is -2.71. The van der Waals surface area contributed by atoms with E-state index < -0.39 is 27.5 Å². The summed E-state index contributed by atoms with van der Waals surface area (Å²) in [4.78, 5) is 43.2. The summed E-state index contributed by atoms with van der Waals surface area (Å²) in [6, 6.07) is 7.23. The number of aromatic carboxylic acids is 1. The van der Waals surface area contributed by atoms with Crippen molar-refractivity contribution in [2.75, 3.05) is 35.8 Å². The number of carboxylic acids is 1. The first-order valence-electron chi connectivity index (χ1n) is 10.5. The highest BCUT2D eigenvalue weighted by atomic mass is 32.2. The first-order chi connectivity index (χ1) is 15.3. The zero-order chi connectivity index (χ0) is 24.4. The van der Waals surface area contributed by atoms with Gasteiger partial charge in [0.05, 0.1) is 11.1 Å². The van der Waals surface area contributed by atoms with Gasteiger partial charge in [-0.25, -0.2) is 14.0 Å². The average molecular weight is 473 g/mol. The number of amides is 2. The van der Waals surface area contributed by atoms with E-state index in [0.29, 0.717) is 11.2 Å². The molecule has 176 valence electrons. The van der Waals surface area contributed by atoms with Crippen LogP contribution in [0.25, 0.3) is 0 Å². The van der Waals surface area contributed by atoms with Crippen LogP contribution in [0, 0.1) is 5.41 Å². The van der Waals surface area contributed by atoms with E-state index >= 15 is 0 Å². The lowest BCUT2D eigenvalue weighted by molar-refractivity contribution is 0.0692. The smallest absolute Gasteiger partial charge is 0.336 e. The minimum Gasteiger partial charge on any atom is -0.478 e. The number of piperidine rings is 1. The van der Waals surface area contributed by atoms with Crippen LogP contribution in [0.2, 0.25) is 0 Å². The van der Waals surface area contributed by atoms with E-state index in [1.807, 2.05) is 6.07 Å². The van der Waals surface area contributed by atoms with Gasteiger partial charge in [0, 0.05) is 58.8 Å². The summed E-state index contributed by atoms with van der Waals surface area (Å²) in [6.45, 7) is 6.29. The number of nitrogens with one attached hydrogen (secondary N) is 1. The van der Waals surface area contributed by atoms with Gasteiger partial charge in [-0.1, -0.05) is 13.8 Å². The number of hydrogen-bond donors (Lipinski definition) is 2. The fourth-order valence-electron chi connectivity index (χ4n) is 3.54. The van der Waals surface area contributed by atoms with E-state index in [-0.39, 0.29) is 16.7 Å². The Hall–Kier alpha value is -3.27. The van der Waals surface area contributed by atoms with Crippen LogP contribution < -0.4 is 10.2 Å². The SMILES string of the molecule is CC1(C)CCN(c2ccnc(NC(=O)c3ccc(C(=O)N=S(C)(C)=O)cc3C(=O)O)c2)CC1. The fourth-order valence-corrected chi connectivity index (χ4v) is 4.05. The Morgan fingerprint density at radius 2 is 1.76 bits per heavy atom. The first-order valence-corrected chi connectivity index (χ1v) is 12.8. The van der Waals surface area contributed by atoms with Crippen LogP contribution in [0.15, 0.2) is 40.9 Å². The van der Waals surface area contributed by atoms with Gasteiger partial charge in [-0.2, -0.15) is 4.36 Å². The summed E-state index contributed by atoms with van der Waals surface area (Å²) < 4.78 is 15.3. The lowest BCUT2D eigenvalue weighted by Gasteiger charge is -2.38. The minimum atomic E-state index is -2.71. The molecule has 1 aliphatic heterocycles. The Morgan fingerprint density at radius 1 is 1.09 bits per heavy atom. The van der Waals surface area contributed by atoms with Crippen LogP contribution in [0.3, 0.4) is 0 Å². The fraction of sp³-hybridized carbons (Fsp3) is 0.391. The normalized spacial score (nSPS) is 15.6. The molecule has 1 saturated heterocycles. The summed E-state index contributed by atoms with van der Waals surface area (Å²) in [5, 5.41) is 12.2. The Balaban J connectivity index is 1.82. The molecule has 0 saturated carbocycles. The van der Waals surface area contributed by atoms with Crippen molar-refractivity contribution in [3.8, 4) is 0 Å². The van der Waals surface area contributed by atoms with Gasteiger partial charge in [0.25, 0.3) is 11.8 Å². The molecule has 0 radical (unpaired) electrons. The molecule has 10 heteroatoms. The molecule has 33 heavy (non-hydrogen) atoms. The molecular formula is C23H28N4O5S. The zero-order valence-corrected chi connectivity index (χ0v) is 19.9. The topological polar surface area (TPSA) is 129 Å². The molecule has 0 atom stereocenters. The van der Waals surface area contributed by atoms with Crippen LogP contribution in [-0.2, 0) is 9.73 Å². The van der Waals surface area contributed by atoms with Gasteiger partial charge >= 0.3 is 5.97 Å². The van der Waals surface area contributed by atoms with Crippen LogP contribution in [0.1, 0.15) is 57.8 Å². The van der Waals surface area contributed by atoms with Crippen LogP contribution >= 0.6 is 0 Å². The van der Waals surface area contributed by atoms with Crippen molar-refractivity contribution in [3.63, 3.8) is 0 Å². The highest BCUT2D eigenvalue weighted by Gasteiger charge is 2.26. The highest BCUT2D eigenvalue weighted by Crippen LogP contribution is 2.32. The van der Waals surface area contributed by atoms with Gasteiger partial charge in [-0.3, -0.25) is 9.59 Å². The molecular weight excluding hydrogens is 444 g/mol. The standard InChI is InChI=1S/C23H28N4O5S/c1-23(2)8-11-27(12-9-23)16-7-10-24-19(14-16)25-21(29)17-6-5-15(13-18(17)22(30)31)20(28)26-33(3,4)32/h5-7,10,13-14H,8-9,11-12H2,1-4H3,(H,30,31)(H,24,25,29). The maximum Gasteiger partial charge on any atom is 0.336 e. The monoisotopic (exact) mass is 472 g/mol. The Labute approximate surface area is 193 Å². The van der Waals surface area contributed by atoms with Gasteiger partial charge in [-0.05, 0) is 42.5 Å². The second-order valence-electron chi connectivity index (χ2n) is 9.15. The van der Waals surface area contributed by atoms with Gasteiger partial charge in [0.1, 0.15) is 5.82 Å². The molecule has 0 aliphatic carbocycles. The molecule has 1 fully saturated rings. The van der Waals surface area contributed by atoms with Crippen LogP contribution in [0.5, 0.6) is 0 Å². The largest absolute Gasteiger partial charge is 0.478 e. The molecule has 0 spiro atoms. The maximum absolute atomic E-state index is 12.8. The van der Waals surface area contributed by atoms with E-state index in [0.717, 1.165) is 37.7 Å². The number of aromatic nitrogens is 1. The molecule has 1 aliphatic rings. The molecule has 0 unspecified atom stereocenters. The predicted octanol–water partition coefficient (Wildman–Crippen LogP) is 3.53. The number of benzene rings is 1. The van der Waals surface area contributed by atoms with Gasteiger partial charge in [0.2, 0.25) is 0 Å². The third-order valence-electron chi connectivity index (χ3n) is 5.51. The number of carboxylic acid groups (broad SMARTS) is 1. The first kappa shape index (κ1) is 24.4. The number of pyridine rings is 1. The van der Waals surface area contributed by atoms with E-state index in [4.69, 9.17) is 0 Å². The van der Waals surface area contributed by atoms with Crippen molar-refractivity contribution >= 4 is 39.0 Å². The number of rotatable bonds is 5. The number of carbonyl (C=O) groups excluding carboxylic acids is 2. The van der Waals surface area contributed by atoms with Crippen molar-refractivity contribution in [1.82, 2.24) is 4.98 Å². The molecule has 3 rings (SSSR count). The molecule has 2 aromatic rings. The van der Waals surface area contributed by atoms with E-state index in [1.165, 1.54) is 24.6 Å². The van der Waals surface area contributed by atoms with E-state index in [1.54, 1.807) is 12.3 Å². The second kappa shape index (κ2) is 9.30. The average Bonchev–Trinajstić information content (AvgIpc) is 2.72. The van der Waals surface area contributed by atoms with Crippen molar-refractivity contribution < 1.29 is 23.7 Å². The highest BCUT2D eigenvalue weighted by molar-refractivity contribution is 7.92. The van der Waals surface area contributed by atoms with Crippen LogP contribution in [0.4, 0.5) is 11.5 Å². The van der Waals surface area contributed by atoms with Crippen molar-refractivity contribution in [3.05, 3.63) is 53.2 Å². The molecule has 2 N–H and O–H groups in total. The number of carbonyl (C=O) groups is 3. The third kappa shape index (κ3) is 6.38. The maximum atomic E-state index is 12.8. The molecule has 0 bridgehead atoms. The lowest BCUT2D eigenvalue weighted by Crippen LogP contribution is -2.37. The Kier molecular flexibility index (Phi) is 6.87. The molecule has 9 nitrogen and oxygen atoms in total. The lowest BCUT2D eigenvalue weighted by atomic mass is 9.82. The Morgan fingerprint density at radius 3 is 2.36 bits per heavy atom. The van der Waals surface area contributed by atoms with Gasteiger partial charge < -0.3 is 15.3 Å². The zero-order valence-electron chi connectivity index (χ0n) is 19.1. The van der Waals surface area contributed by atoms with E-state index in [2.05, 4.69) is 33.4 Å². The van der Waals surface area contributed by atoms with Crippen molar-refractivity contribution in [2.24, 2.45) is 9.78 Å². The number of anilines is 2. The predicted molar refractivity (Wildman–Crippen MR) is 128 cm³/mol. The van der Waals surface area contributed by atoms with Crippen LogP contribution in [-0.4, -0.2) is 57.7 Å². The Bertz CT molecular complexity index is 1210. The molecule has 1 aromatic carbocycles. The molecule has 2 heterocycles. The quantitative estimate of drug-likeness (QED) is 0.681. The number of nitrogens with zero attached hydrogens (tertiary/aromatic N) is 3. The van der Waals surface area contributed by atoms with Crippen molar-refractivity contribution in [2.45, 2.75) is 26.7 Å². The summed E-state index contributed by atoms with van der Waals surface area (Å²) in [5.74, 6) is -2.55. The molecule has 1 aromatic heterocycles. The summed E-state index contributed by atoms with van der Waals surface area (Å²) in [5.41, 5.74) is 0.689. The van der Waals surface area contributed by atoms with E-state index in [9.17, 15) is 23.7 Å². The summed E-state index contributed by atoms with van der Waals surface area (Å²) >= 11 is 0. The minimum absolute atomic E-state index is 0.0616. The second-order valence-corrected chi connectivity index (χ2v) is 11.7. The van der Waals surface area contributed by atoms with Gasteiger partial charge in [0.15, 0.2) is 0 Å². The van der Waals surface area contributed by atoms with Gasteiger partial charge in [-0.15, -0.1) is 0 Å². The number of hydrogen-bond acceptors (Lipinski definition) is 6. The third-order valence-corrected chi connectivity index (χ3v) is 6.12. The molecule has 2 amide bonds.